The number of ketones is 1. The van der Waals surface area contributed by atoms with E-state index < -0.39 is 10.8 Å². The van der Waals surface area contributed by atoms with E-state index in [1.807, 2.05) is 6.08 Å². The van der Waals surface area contributed by atoms with Gasteiger partial charge >= 0.3 is 0 Å². The van der Waals surface area contributed by atoms with Gasteiger partial charge < -0.3 is 0 Å². The normalized spacial score (nSPS) is 16.0. The van der Waals surface area contributed by atoms with E-state index in [1.165, 1.54) is 36.4 Å². The number of halogens is 2. The van der Waals surface area contributed by atoms with Gasteiger partial charge in [0.1, 0.15) is 11.6 Å². The fourth-order valence-corrected chi connectivity index (χ4v) is 4.21. The molecule has 0 saturated heterocycles. The van der Waals surface area contributed by atoms with Crippen LogP contribution in [0.3, 0.4) is 0 Å². The Hall–Kier alpha value is -2.18. The third-order valence-electron chi connectivity index (χ3n) is 4.56. The van der Waals surface area contributed by atoms with E-state index in [9.17, 15) is 17.8 Å². The topological polar surface area (TPSA) is 37.4 Å². The van der Waals surface area contributed by atoms with Crippen LogP contribution in [0.1, 0.15) is 29.6 Å². The summed E-state index contributed by atoms with van der Waals surface area (Å²) in [6, 6.07) is 11.4. The Kier molecular flexibility index (Phi) is 6.63. The van der Waals surface area contributed by atoms with Crippen LogP contribution >= 0.6 is 0 Å². The molecule has 3 rings (SSSR count). The van der Waals surface area contributed by atoms with Crippen LogP contribution in [0.5, 0.6) is 0 Å². The number of carbonyl (C=O) groups excluding carboxylic acids is 1. The molecule has 1 aliphatic rings. The number of nitrogens with zero attached hydrogens (tertiary/aromatic N) is 1. The molecule has 0 fully saturated rings. The predicted molar refractivity (Wildman–Crippen MR) is 102 cm³/mol. The number of rotatable bonds is 7. The Bertz CT molecular complexity index is 847. The predicted octanol–water partition coefficient (Wildman–Crippen LogP) is 4.33. The molecule has 2 aromatic carbocycles. The van der Waals surface area contributed by atoms with Gasteiger partial charge in [0.15, 0.2) is 5.78 Å². The summed E-state index contributed by atoms with van der Waals surface area (Å²) >= 11 is 0. The number of Topliss-reactive ketones (excluding diaryl/α,β-unsaturated/α-hetero) is 1. The van der Waals surface area contributed by atoms with Crippen LogP contribution in [0.15, 0.2) is 64.4 Å². The molecule has 0 bridgehead atoms. The van der Waals surface area contributed by atoms with Crippen molar-refractivity contribution in [1.29, 1.82) is 0 Å². The molecule has 0 spiro atoms. The van der Waals surface area contributed by atoms with Crippen molar-refractivity contribution in [2.45, 2.75) is 24.2 Å². The molecule has 1 heterocycles. The van der Waals surface area contributed by atoms with Crippen molar-refractivity contribution in [3.63, 3.8) is 0 Å². The third-order valence-corrected chi connectivity index (χ3v) is 6.11. The van der Waals surface area contributed by atoms with Crippen molar-refractivity contribution in [3.05, 3.63) is 76.7 Å². The standard InChI is InChI=1S/C21H21F2NO2S/c22-17-5-3-16(4-6-17)21(25)2-1-13-24-14-11-20(12-15-24)27(26)19-9-7-18(23)8-10-19/h3-11H,1-2,12-15H2. The summed E-state index contributed by atoms with van der Waals surface area (Å²) in [5.41, 5.74) is 0.534. The van der Waals surface area contributed by atoms with Crippen LogP contribution < -0.4 is 0 Å². The highest BCUT2D eigenvalue weighted by Gasteiger charge is 2.17. The van der Waals surface area contributed by atoms with Crippen LogP contribution in [0.2, 0.25) is 0 Å². The summed E-state index contributed by atoms with van der Waals surface area (Å²) in [5, 5.41) is 0. The van der Waals surface area contributed by atoms with Crippen LogP contribution in [0, 0.1) is 11.6 Å². The van der Waals surface area contributed by atoms with Gasteiger partial charge in [-0.25, -0.2) is 13.0 Å². The fraction of sp³-hybridized carbons (Fsp3) is 0.286. The van der Waals surface area contributed by atoms with E-state index >= 15 is 0 Å². The molecule has 1 aliphatic heterocycles. The monoisotopic (exact) mass is 389 g/mol. The quantitative estimate of drug-likeness (QED) is 0.662. The van der Waals surface area contributed by atoms with Crippen molar-refractivity contribution >= 4 is 16.6 Å². The lowest BCUT2D eigenvalue weighted by Crippen LogP contribution is -2.30. The summed E-state index contributed by atoms with van der Waals surface area (Å²) in [6.45, 7) is 2.25. The summed E-state index contributed by atoms with van der Waals surface area (Å²) in [4.78, 5) is 15.8. The second kappa shape index (κ2) is 9.15. The van der Waals surface area contributed by atoms with Crippen molar-refractivity contribution in [2.75, 3.05) is 19.6 Å². The molecule has 27 heavy (non-hydrogen) atoms. The largest absolute Gasteiger partial charge is 0.299 e. The molecule has 0 radical (unpaired) electrons. The average molecular weight is 389 g/mol. The number of benzene rings is 2. The minimum atomic E-state index is -1.25. The minimum Gasteiger partial charge on any atom is -0.299 e. The molecule has 0 N–H and O–H groups in total. The molecule has 0 amide bonds. The molecular weight excluding hydrogens is 368 g/mol. The Morgan fingerprint density at radius 3 is 2.22 bits per heavy atom. The molecule has 2 aromatic rings. The highest BCUT2D eigenvalue weighted by atomic mass is 32.2. The summed E-state index contributed by atoms with van der Waals surface area (Å²) in [5.74, 6) is -0.670. The van der Waals surface area contributed by atoms with Gasteiger partial charge in [0, 0.05) is 34.9 Å². The minimum absolute atomic E-state index is 0.0145. The van der Waals surface area contributed by atoms with Gasteiger partial charge in [-0.1, -0.05) is 6.08 Å². The van der Waals surface area contributed by atoms with Crippen LogP contribution in [-0.4, -0.2) is 34.5 Å². The van der Waals surface area contributed by atoms with Crippen molar-refractivity contribution in [2.24, 2.45) is 0 Å². The Morgan fingerprint density at radius 2 is 1.63 bits per heavy atom. The molecule has 1 atom stereocenters. The van der Waals surface area contributed by atoms with Crippen molar-refractivity contribution < 1.29 is 17.8 Å². The van der Waals surface area contributed by atoms with Crippen LogP contribution in [0.25, 0.3) is 0 Å². The Labute approximate surface area is 160 Å². The van der Waals surface area contributed by atoms with Gasteiger partial charge in [-0.2, -0.15) is 0 Å². The maximum atomic E-state index is 13.0. The fourth-order valence-electron chi connectivity index (χ4n) is 3.02. The second-order valence-electron chi connectivity index (χ2n) is 6.48. The highest BCUT2D eigenvalue weighted by Crippen LogP contribution is 2.21. The highest BCUT2D eigenvalue weighted by molar-refractivity contribution is 7.89. The van der Waals surface area contributed by atoms with E-state index in [0.717, 1.165) is 24.4 Å². The van der Waals surface area contributed by atoms with E-state index in [2.05, 4.69) is 4.90 Å². The first kappa shape index (κ1) is 19.6. The van der Waals surface area contributed by atoms with Gasteiger partial charge in [-0.3, -0.25) is 9.69 Å². The molecule has 0 aliphatic carbocycles. The lowest BCUT2D eigenvalue weighted by molar-refractivity contribution is 0.0975. The molecule has 0 aromatic heterocycles. The summed E-state index contributed by atoms with van der Waals surface area (Å²) in [7, 11) is -1.25. The van der Waals surface area contributed by atoms with Gasteiger partial charge in [-0.05, 0) is 67.9 Å². The zero-order chi connectivity index (χ0) is 19.2. The van der Waals surface area contributed by atoms with E-state index in [0.29, 0.717) is 29.8 Å². The van der Waals surface area contributed by atoms with Crippen molar-refractivity contribution in [1.82, 2.24) is 4.90 Å². The molecular formula is C21H21F2NO2S. The first-order chi connectivity index (χ1) is 13.0. The van der Waals surface area contributed by atoms with Gasteiger partial charge in [0.25, 0.3) is 0 Å². The van der Waals surface area contributed by atoms with Gasteiger partial charge in [0.2, 0.25) is 0 Å². The maximum Gasteiger partial charge on any atom is 0.162 e. The molecule has 0 saturated carbocycles. The lowest BCUT2D eigenvalue weighted by Gasteiger charge is -2.25. The average Bonchev–Trinajstić information content (AvgIpc) is 2.69. The zero-order valence-corrected chi connectivity index (χ0v) is 15.7. The van der Waals surface area contributed by atoms with Crippen molar-refractivity contribution in [3.8, 4) is 0 Å². The van der Waals surface area contributed by atoms with E-state index in [4.69, 9.17) is 0 Å². The Morgan fingerprint density at radius 1 is 1.00 bits per heavy atom. The first-order valence-corrected chi connectivity index (χ1v) is 10.1. The van der Waals surface area contributed by atoms with E-state index in [1.54, 1.807) is 12.1 Å². The maximum absolute atomic E-state index is 13.0. The zero-order valence-electron chi connectivity index (χ0n) is 14.9. The summed E-state index contributed by atoms with van der Waals surface area (Å²) in [6.07, 6.45) is 3.79. The molecule has 1 unspecified atom stereocenters. The third kappa shape index (κ3) is 5.40. The summed E-state index contributed by atoms with van der Waals surface area (Å²) < 4.78 is 38.4. The number of hydrogen-bond donors (Lipinski definition) is 0. The SMILES string of the molecule is O=C(CCCN1CC=C(S(=O)c2ccc(F)cc2)CC1)c1ccc(F)cc1. The lowest BCUT2D eigenvalue weighted by atomic mass is 10.1. The Balaban J connectivity index is 1.46. The number of hydrogen-bond acceptors (Lipinski definition) is 3. The molecule has 142 valence electrons. The van der Waals surface area contributed by atoms with Gasteiger partial charge in [0.05, 0.1) is 10.8 Å². The van der Waals surface area contributed by atoms with E-state index in [-0.39, 0.29) is 17.4 Å². The van der Waals surface area contributed by atoms with Crippen LogP contribution in [0.4, 0.5) is 8.78 Å². The molecule has 6 heteroatoms. The van der Waals surface area contributed by atoms with Gasteiger partial charge in [-0.15, -0.1) is 0 Å². The van der Waals surface area contributed by atoms with Crippen LogP contribution in [-0.2, 0) is 10.8 Å². The number of carbonyl (C=O) groups is 1. The first-order valence-electron chi connectivity index (χ1n) is 8.90. The molecule has 3 nitrogen and oxygen atoms in total. The second-order valence-corrected chi connectivity index (χ2v) is 8.01. The smallest absolute Gasteiger partial charge is 0.162 e.